The van der Waals surface area contributed by atoms with Gasteiger partial charge in [0.05, 0.1) is 0 Å². The van der Waals surface area contributed by atoms with Gasteiger partial charge in [-0.3, -0.25) is 0 Å². The molecule has 0 radical (unpaired) electrons. The normalized spacial score (nSPS) is 16.4. The van der Waals surface area contributed by atoms with Crippen LogP contribution in [0, 0.1) is 12.8 Å². The Morgan fingerprint density at radius 2 is 2.11 bits per heavy atom. The molecule has 0 spiro atoms. The Morgan fingerprint density at radius 3 is 2.79 bits per heavy atom. The van der Waals surface area contributed by atoms with Gasteiger partial charge in [0.2, 0.25) is 0 Å². The number of aryl methyl sites for hydroxylation is 1. The molecule has 5 nitrogen and oxygen atoms in total. The Morgan fingerprint density at radius 1 is 1.37 bits per heavy atom. The molecule has 1 aromatic heterocycles. The van der Waals surface area contributed by atoms with Gasteiger partial charge in [-0.05, 0) is 32.6 Å². The zero-order chi connectivity index (χ0) is 13.7. The summed E-state index contributed by atoms with van der Waals surface area (Å²) >= 11 is 0. The third kappa shape index (κ3) is 4.06. The van der Waals surface area contributed by atoms with Crippen molar-refractivity contribution in [1.82, 2.24) is 9.97 Å². The van der Waals surface area contributed by atoms with Gasteiger partial charge in [0, 0.05) is 39.4 Å². The summed E-state index contributed by atoms with van der Waals surface area (Å²) in [6.45, 7) is 7.70. The molecule has 1 N–H and O–H groups in total. The van der Waals surface area contributed by atoms with Gasteiger partial charge in [0.1, 0.15) is 17.5 Å². The van der Waals surface area contributed by atoms with Crippen LogP contribution in [0.2, 0.25) is 0 Å². The van der Waals surface area contributed by atoms with Crippen LogP contribution in [0.5, 0.6) is 0 Å². The van der Waals surface area contributed by atoms with E-state index in [4.69, 9.17) is 4.74 Å². The molecule has 0 amide bonds. The molecule has 1 saturated heterocycles. The highest BCUT2D eigenvalue weighted by atomic mass is 16.5. The van der Waals surface area contributed by atoms with Gasteiger partial charge < -0.3 is 15.0 Å². The first-order valence-corrected chi connectivity index (χ1v) is 7.07. The number of aromatic nitrogens is 2. The van der Waals surface area contributed by atoms with Crippen molar-refractivity contribution in [2.75, 3.05) is 43.6 Å². The number of hydrogen-bond acceptors (Lipinski definition) is 5. The van der Waals surface area contributed by atoms with Gasteiger partial charge in [-0.2, -0.15) is 0 Å². The van der Waals surface area contributed by atoms with Gasteiger partial charge in [-0.25, -0.2) is 9.97 Å². The number of nitrogens with one attached hydrogen (secondary N) is 1. The predicted molar refractivity (Wildman–Crippen MR) is 77.7 cm³/mol. The van der Waals surface area contributed by atoms with E-state index in [2.05, 4.69) is 34.2 Å². The number of ether oxygens (including phenoxy) is 1. The Labute approximate surface area is 115 Å². The molecule has 0 bridgehead atoms. The highest BCUT2D eigenvalue weighted by Gasteiger charge is 2.17. The molecule has 0 unspecified atom stereocenters. The van der Waals surface area contributed by atoms with Crippen LogP contribution in [-0.4, -0.2) is 43.3 Å². The summed E-state index contributed by atoms with van der Waals surface area (Å²) < 4.78 is 5.40. The molecule has 106 valence electrons. The second kappa shape index (κ2) is 6.70. The van der Waals surface area contributed by atoms with Crippen molar-refractivity contribution >= 4 is 11.6 Å². The van der Waals surface area contributed by atoms with Crippen LogP contribution < -0.4 is 10.2 Å². The fourth-order valence-electron chi connectivity index (χ4n) is 2.43. The van der Waals surface area contributed by atoms with Crippen molar-refractivity contribution in [3.8, 4) is 0 Å². The topological polar surface area (TPSA) is 50.3 Å². The van der Waals surface area contributed by atoms with Crippen molar-refractivity contribution < 1.29 is 4.74 Å². The third-order valence-corrected chi connectivity index (χ3v) is 3.45. The molecular weight excluding hydrogens is 240 g/mol. The van der Waals surface area contributed by atoms with Crippen molar-refractivity contribution in [3.63, 3.8) is 0 Å². The highest BCUT2D eigenvalue weighted by molar-refractivity contribution is 5.48. The minimum atomic E-state index is 0.705. The lowest BCUT2D eigenvalue weighted by Crippen LogP contribution is -2.30. The fraction of sp³-hybridized carbons (Fsp3) is 0.714. The van der Waals surface area contributed by atoms with Crippen LogP contribution in [0.3, 0.4) is 0 Å². The molecule has 1 aromatic rings. The summed E-state index contributed by atoms with van der Waals surface area (Å²) in [5.41, 5.74) is 0. The SMILES string of the molecule is CCNc1cc(N(C)CC2CCOCC2)nc(C)n1. The summed E-state index contributed by atoms with van der Waals surface area (Å²) in [4.78, 5) is 11.1. The molecule has 1 aliphatic heterocycles. The maximum Gasteiger partial charge on any atom is 0.134 e. The van der Waals surface area contributed by atoms with E-state index < -0.39 is 0 Å². The van der Waals surface area contributed by atoms with E-state index in [-0.39, 0.29) is 0 Å². The van der Waals surface area contributed by atoms with Crippen LogP contribution in [-0.2, 0) is 4.74 Å². The Hall–Kier alpha value is -1.36. The molecule has 2 rings (SSSR count). The monoisotopic (exact) mass is 264 g/mol. The zero-order valence-electron chi connectivity index (χ0n) is 12.1. The second-order valence-corrected chi connectivity index (χ2v) is 5.13. The average Bonchev–Trinajstić information content (AvgIpc) is 2.39. The maximum absolute atomic E-state index is 5.40. The van der Waals surface area contributed by atoms with Crippen molar-refractivity contribution in [3.05, 3.63) is 11.9 Å². The van der Waals surface area contributed by atoms with Crippen molar-refractivity contribution in [1.29, 1.82) is 0 Å². The lowest BCUT2D eigenvalue weighted by Gasteiger charge is -2.28. The summed E-state index contributed by atoms with van der Waals surface area (Å²) in [7, 11) is 2.10. The number of nitrogens with zero attached hydrogens (tertiary/aromatic N) is 3. The molecule has 0 aliphatic carbocycles. The van der Waals surface area contributed by atoms with Crippen LogP contribution in [0.25, 0.3) is 0 Å². The molecule has 0 aromatic carbocycles. The van der Waals surface area contributed by atoms with E-state index in [1.54, 1.807) is 0 Å². The van der Waals surface area contributed by atoms with E-state index in [9.17, 15) is 0 Å². The van der Waals surface area contributed by atoms with Crippen LogP contribution in [0.15, 0.2) is 6.07 Å². The Balaban J connectivity index is 2.02. The van der Waals surface area contributed by atoms with Crippen LogP contribution in [0.4, 0.5) is 11.6 Å². The summed E-state index contributed by atoms with van der Waals surface area (Å²) in [5.74, 6) is 3.42. The van der Waals surface area contributed by atoms with Gasteiger partial charge in [0.15, 0.2) is 0 Å². The van der Waals surface area contributed by atoms with Gasteiger partial charge in [0.25, 0.3) is 0 Å². The first kappa shape index (κ1) is 14.1. The number of rotatable bonds is 5. The maximum atomic E-state index is 5.40. The van der Waals surface area contributed by atoms with E-state index in [1.165, 1.54) is 0 Å². The Bertz CT molecular complexity index is 404. The van der Waals surface area contributed by atoms with Crippen LogP contribution in [0.1, 0.15) is 25.6 Å². The average molecular weight is 264 g/mol. The van der Waals surface area contributed by atoms with Gasteiger partial charge in [-0.15, -0.1) is 0 Å². The zero-order valence-corrected chi connectivity index (χ0v) is 12.1. The second-order valence-electron chi connectivity index (χ2n) is 5.13. The number of hydrogen-bond donors (Lipinski definition) is 1. The number of anilines is 2. The summed E-state index contributed by atoms with van der Waals surface area (Å²) in [6, 6.07) is 2.02. The summed E-state index contributed by atoms with van der Waals surface area (Å²) in [5, 5.41) is 3.25. The molecule has 0 atom stereocenters. The lowest BCUT2D eigenvalue weighted by atomic mass is 10.00. The van der Waals surface area contributed by atoms with E-state index in [0.717, 1.165) is 56.6 Å². The molecule has 1 aliphatic rings. The van der Waals surface area contributed by atoms with Crippen molar-refractivity contribution in [2.45, 2.75) is 26.7 Å². The first-order chi connectivity index (χ1) is 9.19. The quantitative estimate of drug-likeness (QED) is 0.882. The van der Waals surface area contributed by atoms with E-state index in [0.29, 0.717) is 5.92 Å². The van der Waals surface area contributed by atoms with Crippen LogP contribution >= 0.6 is 0 Å². The lowest BCUT2D eigenvalue weighted by molar-refractivity contribution is 0.0685. The van der Waals surface area contributed by atoms with E-state index in [1.807, 2.05) is 13.0 Å². The minimum Gasteiger partial charge on any atom is -0.381 e. The van der Waals surface area contributed by atoms with Crippen molar-refractivity contribution in [2.24, 2.45) is 5.92 Å². The molecule has 1 fully saturated rings. The fourth-order valence-corrected chi connectivity index (χ4v) is 2.43. The standard InChI is InChI=1S/C14H24N4O/c1-4-15-13-9-14(17-11(2)16-13)18(3)10-12-5-7-19-8-6-12/h9,12H,4-8,10H2,1-3H3,(H,15,16,17). The first-order valence-electron chi connectivity index (χ1n) is 7.07. The minimum absolute atomic E-state index is 0.705. The summed E-state index contributed by atoms with van der Waals surface area (Å²) in [6.07, 6.45) is 2.29. The van der Waals surface area contributed by atoms with Gasteiger partial charge in [-0.1, -0.05) is 0 Å². The smallest absolute Gasteiger partial charge is 0.134 e. The largest absolute Gasteiger partial charge is 0.381 e. The highest BCUT2D eigenvalue weighted by Crippen LogP contribution is 2.20. The molecular formula is C14H24N4O. The molecule has 0 saturated carbocycles. The molecule has 5 heteroatoms. The third-order valence-electron chi connectivity index (χ3n) is 3.45. The predicted octanol–water partition coefficient (Wildman–Crippen LogP) is 2.08. The molecule has 19 heavy (non-hydrogen) atoms. The molecule has 2 heterocycles. The van der Waals surface area contributed by atoms with Gasteiger partial charge >= 0.3 is 0 Å². The Kier molecular flexibility index (Phi) is 4.96. The van der Waals surface area contributed by atoms with E-state index >= 15 is 0 Å².